The van der Waals surface area contributed by atoms with Crippen LogP contribution >= 0.6 is 0 Å². The molecular formula is C28H29N5O4. The molecule has 5 rings (SSSR count). The number of para-hydroxylation sites is 3. The normalized spacial score (nSPS) is 14.4. The van der Waals surface area contributed by atoms with Crippen LogP contribution in [0.15, 0.2) is 77.8 Å². The zero-order valence-corrected chi connectivity index (χ0v) is 20.6. The highest BCUT2D eigenvalue weighted by Crippen LogP contribution is 2.37. The van der Waals surface area contributed by atoms with Crippen LogP contribution in [0.2, 0.25) is 0 Å². The van der Waals surface area contributed by atoms with Crippen LogP contribution in [-0.4, -0.2) is 67.4 Å². The van der Waals surface area contributed by atoms with Crippen molar-refractivity contribution in [3.63, 3.8) is 0 Å². The van der Waals surface area contributed by atoms with Crippen LogP contribution in [0.1, 0.15) is 12.0 Å². The topological polar surface area (TPSA) is 95.5 Å². The largest absolute Gasteiger partial charge is 0.497 e. The minimum absolute atomic E-state index is 0.175. The second kappa shape index (κ2) is 11.0. The van der Waals surface area contributed by atoms with E-state index < -0.39 is 0 Å². The van der Waals surface area contributed by atoms with Gasteiger partial charge in [0.15, 0.2) is 5.75 Å². The van der Waals surface area contributed by atoms with E-state index in [1.165, 1.54) is 0 Å². The van der Waals surface area contributed by atoms with Crippen LogP contribution < -0.4 is 20.1 Å². The van der Waals surface area contributed by atoms with E-state index in [0.717, 1.165) is 28.6 Å². The van der Waals surface area contributed by atoms with Crippen LogP contribution in [0.4, 0.5) is 16.2 Å². The molecule has 2 aliphatic heterocycles. The third-order valence-corrected chi connectivity index (χ3v) is 6.29. The van der Waals surface area contributed by atoms with E-state index in [1.54, 1.807) is 30.2 Å². The first-order chi connectivity index (χ1) is 18.1. The summed E-state index contributed by atoms with van der Waals surface area (Å²) in [4.78, 5) is 33.9. The summed E-state index contributed by atoms with van der Waals surface area (Å²) in [5.41, 5.74) is 2.36. The average molecular weight is 500 g/mol. The number of rotatable bonds is 5. The first-order valence-corrected chi connectivity index (χ1v) is 12.3. The number of amidine groups is 1. The van der Waals surface area contributed by atoms with Crippen LogP contribution in [0.3, 0.4) is 0 Å². The summed E-state index contributed by atoms with van der Waals surface area (Å²) >= 11 is 0. The summed E-state index contributed by atoms with van der Waals surface area (Å²) in [7, 11) is 1.58. The maximum atomic E-state index is 12.7. The lowest BCUT2D eigenvalue weighted by molar-refractivity contribution is -0.116. The molecule has 3 amide bonds. The molecule has 9 heteroatoms. The Morgan fingerprint density at radius 2 is 1.70 bits per heavy atom. The molecule has 2 N–H and O–H groups in total. The van der Waals surface area contributed by atoms with Crippen molar-refractivity contribution in [2.45, 2.75) is 6.42 Å². The van der Waals surface area contributed by atoms with Gasteiger partial charge in [-0.05, 0) is 36.4 Å². The predicted octanol–water partition coefficient (Wildman–Crippen LogP) is 4.24. The molecule has 2 heterocycles. The Bertz CT molecular complexity index is 1320. The summed E-state index contributed by atoms with van der Waals surface area (Å²) in [5, 5.41) is 5.68. The van der Waals surface area contributed by atoms with E-state index in [2.05, 4.69) is 15.5 Å². The van der Waals surface area contributed by atoms with Gasteiger partial charge in [-0.3, -0.25) is 4.79 Å². The van der Waals surface area contributed by atoms with Crippen molar-refractivity contribution in [3.8, 4) is 17.2 Å². The highest BCUT2D eigenvalue weighted by Gasteiger charge is 2.27. The number of nitrogens with zero attached hydrogens (tertiary/aromatic N) is 3. The number of anilines is 1. The van der Waals surface area contributed by atoms with Gasteiger partial charge in [-0.1, -0.05) is 30.3 Å². The molecule has 190 valence electrons. The fourth-order valence-corrected chi connectivity index (χ4v) is 4.35. The molecule has 0 spiro atoms. The molecule has 0 bridgehead atoms. The Kier molecular flexibility index (Phi) is 7.21. The predicted molar refractivity (Wildman–Crippen MR) is 142 cm³/mol. The van der Waals surface area contributed by atoms with Crippen molar-refractivity contribution < 1.29 is 19.1 Å². The smallest absolute Gasteiger partial charge is 0.317 e. The summed E-state index contributed by atoms with van der Waals surface area (Å²) in [6, 6.07) is 22.6. The SMILES string of the molecule is COc1cccc(NC(=O)CCNC(=O)N2CCN(C3=Nc4ccccc4Oc4ccccc43)CC2)c1. The first-order valence-electron chi connectivity index (χ1n) is 12.3. The standard InChI is InChI=1S/C28H29N5O4/c1-36-21-8-6-7-20(19-21)30-26(34)13-14-29-28(35)33-17-15-32(16-18-33)27-22-9-2-4-11-24(22)37-25-12-5-3-10-23(25)31-27/h2-12,19H,13-18H2,1H3,(H,29,35)(H,30,34). The number of fused-ring (bicyclic) bond motifs is 2. The van der Waals surface area contributed by atoms with Gasteiger partial charge in [-0.15, -0.1) is 0 Å². The van der Waals surface area contributed by atoms with Crippen LogP contribution in [0, 0.1) is 0 Å². The summed E-state index contributed by atoms with van der Waals surface area (Å²) in [6.45, 7) is 2.62. The number of carbonyl (C=O) groups excluding carboxylic acids is 2. The number of piperazine rings is 1. The molecule has 37 heavy (non-hydrogen) atoms. The number of hydrogen-bond donors (Lipinski definition) is 2. The van der Waals surface area contributed by atoms with Gasteiger partial charge in [0.1, 0.15) is 23.0 Å². The quantitative estimate of drug-likeness (QED) is 0.548. The Hall–Kier alpha value is -4.53. The van der Waals surface area contributed by atoms with Crippen molar-refractivity contribution in [3.05, 3.63) is 78.4 Å². The Morgan fingerprint density at radius 1 is 0.946 bits per heavy atom. The molecular weight excluding hydrogens is 470 g/mol. The lowest BCUT2D eigenvalue weighted by Crippen LogP contribution is -2.53. The average Bonchev–Trinajstić information content (AvgIpc) is 3.10. The van der Waals surface area contributed by atoms with Crippen molar-refractivity contribution >= 4 is 29.1 Å². The molecule has 1 fully saturated rings. The third-order valence-electron chi connectivity index (χ3n) is 6.29. The van der Waals surface area contributed by atoms with Crippen molar-refractivity contribution in [1.82, 2.24) is 15.1 Å². The number of nitrogens with one attached hydrogen (secondary N) is 2. The van der Waals surface area contributed by atoms with Gasteiger partial charge in [0.05, 0.1) is 12.7 Å². The molecule has 9 nitrogen and oxygen atoms in total. The second-order valence-electron chi connectivity index (χ2n) is 8.74. The summed E-state index contributed by atoms with van der Waals surface area (Å²) in [5.74, 6) is 2.82. The van der Waals surface area contributed by atoms with E-state index in [-0.39, 0.29) is 24.9 Å². The van der Waals surface area contributed by atoms with Gasteiger partial charge in [0, 0.05) is 50.9 Å². The molecule has 0 radical (unpaired) electrons. The molecule has 0 saturated carbocycles. The minimum atomic E-state index is -0.175. The number of carbonyl (C=O) groups is 2. The fourth-order valence-electron chi connectivity index (χ4n) is 4.35. The van der Waals surface area contributed by atoms with Crippen LogP contribution in [0.5, 0.6) is 17.2 Å². The summed E-state index contributed by atoms with van der Waals surface area (Å²) < 4.78 is 11.3. The molecule has 1 saturated heterocycles. The monoisotopic (exact) mass is 499 g/mol. The number of aliphatic imine (C=N–C) groups is 1. The Morgan fingerprint density at radius 3 is 2.51 bits per heavy atom. The van der Waals surface area contributed by atoms with E-state index >= 15 is 0 Å². The van der Waals surface area contributed by atoms with Gasteiger partial charge in [-0.2, -0.15) is 0 Å². The Labute approximate surface area is 215 Å². The molecule has 3 aromatic carbocycles. The van der Waals surface area contributed by atoms with E-state index in [4.69, 9.17) is 14.5 Å². The number of hydrogen-bond acceptors (Lipinski definition) is 6. The Balaban J connectivity index is 1.15. The van der Waals surface area contributed by atoms with Gasteiger partial charge < -0.3 is 29.9 Å². The van der Waals surface area contributed by atoms with E-state index in [9.17, 15) is 9.59 Å². The number of amides is 3. The molecule has 2 aliphatic rings. The van der Waals surface area contributed by atoms with Crippen LogP contribution in [0.25, 0.3) is 0 Å². The number of methoxy groups -OCH3 is 1. The maximum absolute atomic E-state index is 12.7. The van der Waals surface area contributed by atoms with Gasteiger partial charge in [-0.25, -0.2) is 9.79 Å². The minimum Gasteiger partial charge on any atom is -0.497 e. The first kappa shape index (κ1) is 24.2. The lowest BCUT2D eigenvalue weighted by atomic mass is 10.1. The highest BCUT2D eigenvalue weighted by molar-refractivity contribution is 6.03. The van der Waals surface area contributed by atoms with E-state index in [0.29, 0.717) is 37.6 Å². The second-order valence-corrected chi connectivity index (χ2v) is 8.74. The van der Waals surface area contributed by atoms with Crippen molar-refractivity contribution in [1.29, 1.82) is 0 Å². The fraction of sp³-hybridized carbons (Fsp3) is 0.250. The zero-order chi connectivity index (χ0) is 25.6. The molecule has 0 aliphatic carbocycles. The van der Waals surface area contributed by atoms with Crippen molar-refractivity contribution in [2.24, 2.45) is 4.99 Å². The highest BCUT2D eigenvalue weighted by atomic mass is 16.5. The third kappa shape index (κ3) is 5.66. The zero-order valence-electron chi connectivity index (χ0n) is 20.6. The van der Waals surface area contributed by atoms with E-state index in [1.807, 2.05) is 54.6 Å². The van der Waals surface area contributed by atoms with Gasteiger partial charge >= 0.3 is 6.03 Å². The maximum Gasteiger partial charge on any atom is 0.317 e. The van der Waals surface area contributed by atoms with Crippen molar-refractivity contribution in [2.75, 3.05) is 45.2 Å². The van der Waals surface area contributed by atoms with Crippen LogP contribution in [-0.2, 0) is 4.79 Å². The molecule has 0 aromatic heterocycles. The lowest BCUT2D eigenvalue weighted by Gasteiger charge is -2.36. The van der Waals surface area contributed by atoms with Gasteiger partial charge in [0.25, 0.3) is 0 Å². The molecule has 0 atom stereocenters. The molecule has 3 aromatic rings. The number of urea groups is 1. The van der Waals surface area contributed by atoms with Gasteiger partial charge in [0.2, 0.25) is 5.91 Å². The number of benzene rings is 3. The summed E-state index contributed by atoms with van der Waals surface area (Å²) in [6.07, 6.45) is 0.177. The number of ether oxygens (including phenoxy) is 2. The molecule has 0 unspecified atom stereocenters.